The molecular weight excluding hydrogens is 316 g/mol. The lowest BCUT2D eigenvalue weighted by Gasteiger charge is -2.29. The van der Waals surface area contributed by atoms with E-state index in [9.17, 15) is 19.5 Å². The quantitative estimate of drug-likeness (QED) is 0.616. The summed E-state index contributed by atoms with van der Waals surface area (Å²) in [6.45, 7) is 7.34. The molecule has 24 heavy (non-hydrogen) atoms. The Morgan fingerprint density at radius 3 is 2.21 bits per heavy atom. The van der Waals surface area contributed by atoms with Crippen molar-refractivity contribution in [3.8, 4) is 0 Å². The number of rotatable bonds is 9. The van der Waals surface area contributed by atoms with Crippen molar-refractivity contribution in [2.24, 2.45) is 5.73 Å². The average molecular weight is 346 g/mol. The fourth-order valence-electron chi connectivity index (χ4n) is 1.86. The van der Waals surface area contributed by atoms with Crippen LogP contribution in [0.25, 0.3) is 0 Å². The zero-order chi connectivity index (χ0) is 18.8. The Labute approximate surface area is 143 Å². The van der Waals surface area contributed by atoms with E-state index in [0.717, 1.165) is 6.42 Å². The fourth-order valence-corrected chi connectivity index (χ4v) is 1.86. The van der Waals surface area contributed by atoms with Crippen LogP contribution in [0.3, 0.4) is 0 Å². The number of nitrogens with two attached hydrogens (primary N) is 1. The zero-order valence-corrected chi connectivity index (χ0v) is 15.0. The van der Waals surface area contributed by atoms with Crippen molar-refractivity contribution in [2.45, 2.75) is 71.4 Å². The predicted molar refractivity (Wildman–Crippen MR) is 88.7 cm³/mol. The SMILES string of the molecule is CCCCOC(=O)N(C(=O)OC(C)(C)C)[C@@H](CCCCN)C(=O)O. The van der Waals surface area contributed by atoms with Crippen molar-refractivity contribution in [1.82, 2.24) is 4.90 Å². The van der Waals surface area contributed by atoms with Gasteiger partial charge in [-0.15, -0.1) is 0 Å². The molecule has 0 aliphatic heterocycles. The first-order valence-electron chi connectivity index (χ1n) is 8.25. The normalized spacial score (nSPS) is 12.4. The molecule has 2 amide bonds. The molecule has 0 rings (SSSR count). The van der Waals surface area contributed by atoms with E-state index in [0.29, 0.717) is 30.7 Å². The minimum atomic E-state index is -1.35. The van der Waals surface area contributed by atoms with E-state index < -0.39 is 29.8 Å². The molecule has 0 spiro atoms. The highest BCUT2D eigenvalue weighted by Crippen LogP contribution is 2.17. The van der Waals surface area contributed by atoms with Crippen molar-refractivity contribution < 1.29 is 29.0 Å². The molecule has 8 heteroatoms. The number of ether oxygens (including phenoxy) is 2. The number of aliphatic carboxylic acids is 1. The Bertz CT molecular complexity index is 419. The number of hydrogen-bond acceptors (Lipinski definition) is 6. The molecule has 0 heterocycles. The maximum absolute atomic E-state index is 12.3. The summed E-state index contributed by atoms with van der Waals surface area (Å²) >= 11 is 0. The van der Waals surface area contributed by atoms with Crippen LogP contribution in [0.2, 0.25) is 0 Å². The molecule has 0 aromatic heterocycles. The van der Waals surface area contributed by atoms with Crippen LogP contribution >= 0.6 is 0 Å². The van der Waals surface area contributed by atoms with Crippen LogP contribution < -0.4 is 5.73 Å². The molecule has 3 N–H and O–H groups in total. The molecule has 0 radical (unpaired) electrons. The number of unbranched alkanes of at least 4 members (excludes halogenated alkanes) is 2. The molecule has 0 aromatic rings. The van der Waals surface area contributed by atoms with E-state index in [4.69, 9.17) is 15.2 Å². The van der Waals surface area contributed by atoms with Crippen LogP contribution in [0.5, 0.6) is 0 Å². The van der Waals surface area contributed by atoms with Gasteiger partial charge in [-0.3, -0.25) is 0 Å². The summed E-state index contributed by atoms with van der Waals surface area (Å²) in [4.78, 5) is 36.7. The van der Waals surface area contributed by atoms with Crippen molar-refractivity contribution in [3.05, 3.63) is 0 Å². The Balaban J connectivity index is 5.26. The summed E-state index contributed by atoms with van der Waals surface area (Å²) in [7, 11) is 0. The maximum Gasteiger partial charge on any atom is 0.420 e. The van der Waals surface area contributed by atoms with Gasteiger partial charge in [0.15, 0.2) is 0 Å². The average Bonchev–Trinajstić information content (AvgIpc) is 2.44. The first-order chi connectivity index (χ1) is 11.1. The summed E-state index contributed by atoms with van der Waals surface area (Å²) in [5.41, 5.74) is 4.54. The second-order valence-electron chi connectivity index (χ2n) is 6.46. The molecule has 140 valence electrons. The smallest absolute Gasteiger partial charge is 0.420 e. The van der Waals surface area contributed by atoms with Gasteiger partial charge in [-0.1, -0.05) is 13.3 Å². The molecule has 0 aliphatic rings. The van der Waals surface area contributed by atoms with Crippen LogP contribution in [-0.2, 0) is 14.3 Å². The van der Waals surface area contributed by atoms with E-state index in [2.05, 4.69) is 0 Å². The van der Waals surface area contributed by atoms with Gasteiger partial charge < -0.3 is 20.3 Å². The molecular formula is C16H30N2O6. The monoisotopic (exact) mass is 346 g/mol. The minimum Gasteiger partial charge on any atom is -0.480 e. The number of carboxylic acid groups (broad SMARTS) is 1. The number of carbonyl (C=O) groups is 3. The second-order valence-corrected chi connectivity index (χ2v) is 6.46. The van der Waals surface area contributed by atoms with E-state index in [-0.39, 0.29) is 13.0 Å². The van der Waals surface area contributed by atoms with E-state index >= 15 is 0 Å². The van der Waals surface area contributed by atoms with Crippen molar-refractivity contribution >= 4 is 18.2 Å². The van der Waals surface area contributed by atoms with Gasteiger partial charge in [0.25, 0.3) is 0 Å². The Morgan fingerprint density at radius 1 is 1.12 bits per heavy atom. The molecule has 0 aromatic carbocycles. The number of nitrogens with zero attached hydrogens (tertiary/aromatic N) is 1. The third-order valence-corrected chi connectivity index (χ3v) is 3.04. The Kier molecular flexibility index (Phi) is 10.0. The van der Waals surface area contributed by atoms with Crippen LogP contribution in [0.15, 0.2) is 0 Å². The van der Waals surface area contributed by atoms with Gasteiger partial charge in [0.05, 0.1) is 6.61 Å². The lowest BCUT2D eigenvalue weighted by Crippen LogP contribution is -2.50. The van der Waals surface area contributed by atoms with Gasteiger partial charge in [0, 0.05) is 0 Å². The largest absolute Gasteiger partial charge is 0.480 e. The van der Waals surface area contributed by atoms with E-state index in [1.807, 2.05) is 6.92 Å². The van der Waals surface area contributed by atoms with Crippen molar-refractivity contribution in [3.63, 3.8) is 0 Å². The molecule has 0 fully saturated rings. The topological polar surface area (TPSA) is 119 Å². The maximum atomic E-state index is 12.3. The van der Waals surface area contributed by atoms with Crippen molar-refractivity contribution in [1.29, 1.82) is 0 Å². The van der Waals surface area contributed by atoms with E-state index in [1.165, 1.54) is 0 Å². The molecule has 0 saturated carbocycles. The van der Waals surface area contributed by atoms with Gasteiger partial charge in [0.1, 0.15) is 11.6 Å². The highest BCUT2D eigenvalue weighted by atomic mass is 16.6. The summed E-state index contributed by atoms with van der Waals surface area (Å²) < 4.78 is 10.2. The van der Waals surface area contributed by atoms with Gasteiger partial charge >= 0.3 is 18.2 Å². The van der Waals surface area contributed by atoms with Gasteiger partial charge in [-0.25, -0.2) is 14.4 Å². The second kappa shape index (κ2) is 10.9. The summed E-state index contributed by atoms with van der Waals surface area (Å²) in [5.74, 6) is -1.29. The summed E-state index contributed by atoms with van der Waals surface area (Å²) in [5, 5.41) is 9.42. The third-order valence-electron chi connectivity index (χ3n) is 3.04. The minimum absolute atomic E-state index is 0.0919. The predicted octanol–water partition coefficient (Wildman–Crippen LogP) is 2.74. The number of carboxylic acids is 1. The third kappa shape index (κ3) is 8.71. The van der Waals surface area contributed by atoms with Gasteiger partial charge in [-0.05, 0) is 53.0 Å². The Hall–Kier alpha value is -1.83. The Morgan fingerprint density at radius 2 is 1.75 bits per heavy atom. The molecule has 8 nitrogen and oxygen atoms in total. The highest BCUT2D eigenvalue weighted by molar-refractivity contribution is 5.93. The molecule has 0 aliphatic carbocycles. The molecule has 1 atom stereocenters. The van der Waals surface area contributed by atoms with E-state index in [1.54, 1.807) is 20.8 Å². The van der Waals surface area contributed by atoms with Gasteiger partial charge in [-0.2, -0.15) is 4.90 Å². The molecule has 0 bridgehead atoms. The number of imide groups is 1. The zero-order valence-electron chi connectivity index (χ0n) is 15.0. The number of hydrogen-bond donors (Lipinski definition) is 2. The first kappa shape index (κ1) is 22.2. The highest BCUT2D eigenvalue weighted by Gasteiger charge is 2.38. The summed E-state index contributed by atoms with van der Waals surface area (Å²) in [6.07, 6.45) is 0.555. The fraction of sp³-hybridized carbons (Fsp3) is 0.812. The number of amides is 2. The molecule has 0 saturated heterocycles. The van der Waals surface area contributed by atoms with Crippen LogP contribution in [0.4, 0.5) is 9.59 Å². The standard InChI is InChI=1S/C16H30N2O6/c1-5-6-11-23-14(21)18(15(22)24-16(2,3)4)12(13(19)20)9-7-8-10-17/h12H,5-11,17H2,1-4H3,(H,19,20)/t12-/m0/s1. The first-order valence-corrected chi connectivity index (χ1v) is 8.25. The lowest BCUT2D eigenvalue weighted by atomic mass is 10.1. The molecule has 0 unspecified atom stereocenters. The number of carbonyl (C=O) groups excluding carboxylic acids is 2. The lowest BCUT2D eigenvalue weighted by molar-refractivity contribution is -0.143. The van der Waals surface area contributed by atoms with Crippen molar-refractivity contribution in [2.75, 3.05) is 13.2 Å². The van der Waals surface area contributed by atoms with Crippen LogP contribution in [0, 0.1) is 0 Å². The summed E-state index contributed by atoms with van der Waals surface area (Å²) in [6, 6.07) is -1.35. The van der Waals surface area contributed by atoms with Gasteiger partial charge in [0.2, 0.25) is 0 Å². The van der Waals surface area contributed by atoms with Crippen LogP contribution in [-0.4, -0.2) is 53.0 Å². The van der Waals surface area contributed by atoms with Crippen LogP contribution in [0.1, 0.15) is 59.8 Å².